The summed E-state index contributed by atoms with van der Waals surface area (Å²) in [5.74, 6) is -0.0361. The topological polar surface area (TPSA) is 227 Å². The molecule has 4 atom stereocenters. The first-order valence-corrected chi connectivity index (χ1v) is 15.1. The number of fused-ring (bicyclic) bond motifs is 1. The number of thioether (sulfide) groups is 1. The molecule has 0 aliphatic heterocycles. The van der Waals surface area contributed by atoms with Crippen molar-refractivity contribution in [1.82, 2.24) is 29.5 Å². The molecule has 0 radical (unpaired) electrons. The fraction of sp³-hybridized carbons (Fsp3) is 0.727. The Labute approximate surface area is 236 Å². The number of nitrogen functional groups attached to an aromatic ring is 1. The fourth-order valence-corrected chi connectivity index (χ4v) is 5.33. The molecule has 16 nitrogen and oxygen atoms in total. The van der Waals surface area contributed by atoms with E-state index in [1.54, 1.807) is 20.8 Å². The van der Waals surface area contributed by atoms with E-state index < -0.39 is 43.9 Å². The summed E-state index contributed by atoms with van der Waals surface area (Å²) in [6, 6.07) is 0. The van der Waals surface area contributed by atoms with Crippen molar-refractivity contribution < 1.29 is 38.5 Å². The van der Waals surface area contributed by atoms with Crippen LogP contribution < -0.4 is 16.4 Å². The van der Waals surface area contributed by atoms with Crippen LogP contribution in [0.4, 0.5) is 5.95 Å². The molecule has 228 valence electrons. The zero-order valence-corrected chi connectivity index (χ0v) is 25.0. The minimum absolute atomic E-state index is 0.0461. The van der Waals surface area contributed by atoms with Crippen LogP contribution in [0.25, 0.3) is 11.2 Å². The van der Waals surface area contributed by atoms with Gasteiger partial charge in [-0.3, -0.25) is 28.2 Å². The molecule has 18 heteroatoms. The van der Waals surface area contributed by atoms with Crippen molar-refractivity contribution in [1.29, 1.82) is 0 Å². The Balaban J connectivity index is 2.11. The van der Waals surface area contributed by atoms with E-state index in [1.165, 1.54) is 0 Å². The number of aliphatic hydroxyl groups is 3. The van der Waals surface area contributed by atoms with Crippen LogP contribution in [0, 0.1) is 5.41 Å². The number of nitrogens with zero attached hydrogens (tertiary/aromatic N) is 4. The van der Waals surface area contributed by atoms with Crippen LogP contribution in [0.5, 0.6) is 0 Å². The van der Waals surface area contributed by atoms with Crippen molar-refractivity contribution in [2.75, 3.05) is 58.5 Å². The monoisotopic (exact) mass is 609 g/mol. The van der Waals surface area contributed by atoms with Crippen molar-refractivity contribution >= 4 is 41.7 Å². The third-order valence-electron chi connectivity index (χ3n) is 5.63. The van der Waals surface area contributed by atoms with Gasteiger partial charge in [0.15, 0.2) is 16.3 Å². The van der Waals surface area contributed by atoms with Crippen LogP contribution in [0.15, 0.2) is 11.1 Å². The van der Waals surface area contributed by atoms with E-state index in [2.05, 4.69) is 20.0 Å². The van der Waals surface area contributed by atoms with Crippen LogP contribution in [-0.2, 0) is 23.1 Å². The van der Waals surface area contributed by atoms with E-state index in [1.807, 2.05) is 19.0 Å². The number of hydrogen-bond acceptors (Lipinski definition) is 14. The van der Waals surface area contributed by atoms with Gasteiger partial charge in [0, 0.05) is 18.8 Å². The number of aromatic nitrogens is 4. The molecule has 0 amide bonds. The Morgan fingerprint density at radius 3 is 2.67 bits per heavy atom. The number of aliphatic hydroxyl groups excluding tert-OH is 3. The van der Waals surface area contributed by atoms with Gasteiger partial charge in [-0.15, -0.1) is 0 Å². The predicted molar refractivity (Wildman–Crippen MR) is 149 cm³/mol. The first-order valence-electron chi connectivity index (χ1n) is 12.5. The molecule has 0 spiro atoms. The van der Waals surface area contributed by atoms with Crippen molar-refractivity contribution in [3.63, 3.8) is 0 Å². The molecule has 1 unspecified atom stereocenters. The molecule has 40 heavy (non-hydrogen) atoms. The lowest BCUT2D eigenvalue weighted by molar-refractivity contribution is -0.211. The maximum Gasteiger partial charge on any atom is 0.405 e. The molecule has 0 saturated heterocycles. The van der Waals surface area contributed by atoms with Gasteiger partial charge in [-0.2, -0.15) is 4.98 Å². The second-order valence-electron chi connectivity index (χ2n) is 9.77. The van der Waals surface area contributed by atoms with Gasteiger partial charge in [-0.05, 0) is 34.4 Å². The molecule has 0 aliphatic rings. The van der Waals surface area contributed by atoms with Crippen LogP contribution in [0.1, 0.15) is 33.6 Å². The molecule has 0 bridgehead atoms. The Bertz CT molecular complexity index is 1210. The number of nitrogens with two attached hydrogens (primary N) is 1. The maximum absolute atomic E-state index is 13.5. The second-order valence-corrected chi connectivity index (χ2v) is 12.7. The number of nitrogens with one attached hydrogen (secondary N) is 2. The molecule has 0 saturated carbocycles. The van der Waals surface area contributed by atoms with Crippen LogP contribution in [0.2, 0.25) is 0 Å². The van der Waals surface area contributed by atoms with Gasteiger partial charge in [0.05, 0.1) is 31.3 Å². The zero-order chi connectivity index (χ0) is 30.1. The van der Waals surface area contributed by atoms with Gasteiger partial charge in [0.1, 0.15) is 12.4 Å². The molecule has 0 fully saturated rings. The first kappa shape index (κ1) is 34.3. The van der Waals surface area contributed by atoms with Gasteiger partial charge < -0.3 is 30.7 Å². The van der Waals surface area contributed by atoms with Crippen molar-refractivity contribution in [2.24, 2.45) is 5.41 Å². The highest BCUT2D eigenvalue weighted by Crippen LogP contribution is 2.44. The summed E-state index contributed by atoms with van der Waals surface area (Å²) < 4.78 is 31.3. The summed E-state index contributed by atoms with van der Waals surface area (Å²) in [5, 5.41) is 33.1. The molecule has 2 aromatic rings. The average Bonchev–Trinajstić information content (AvgIpc) is 3.32. The normalized spacial score (nSPS) is 16.2. The average molecular weight is 610 g/mol. The summed E-state index contributed by atoms with van der Waals surface area (Å²) in [6.45, 7) is 4.77. The standard InChI is InChI=1S/C22H40N7O9PS/c1-6-14(31)15(38-21(34)29-13-24-16-17(29)26-20(23)27-18(16)32)11-37-39(35,25-7-8-28(4)5)36-9-10-40-19(33)22(2,3)12-30/h13-15,21,30-31,34H,6-12H2,1-5H3,(H,25,35)(H3,23,26,27,32)/t14-,15+,21+,39?/m0/s1. The number of ether oxygens (including phenoxy) is 1. The number of hydrogen-bond donors (Lipinski definition) is 6. The minimum atomic E-state index is -3.96. The Kier molecular flexibility index (Phi) is 13.2. The van der Waals surface area contributed by atoms with Gasteiger partial charge >= 0.3 is 7.75 Å². The smallest absolute Gasteiger partial charge is 0.395 e. The van der Waals surface area contributed by atoms with E-state index in [0.29, 0.717) is 6.54 Å². The van der Waals surface area contributed by atoms with Crippen molar-refractivity contribution in [3.05, 3.63) is 16.7 Å². The third kappa shape index (κ3) is 9.87. The summed E-state index contributed by atoms with van der Waals surface area (Å²) in [5.41, 5.74) is 3.94. The van der Waals surface area contributed by atoms with Crippen molar-refractivity contribution in [2.45, 2.75) is 45.8 Å². The van der Waals surface area contributed by atoms with Gasteiger partial charge in [0.2, 0.25) is 12.4 Å². The number of carbonyl (C=O) groups excluding carboxylic acids is 1. The number of imidazole rings is 1. The maximum atomic E-state index is 13.5. The van der Waals surface area contributed by atoms with Gasteiger partial charge in [-0.25, -0.2) is 14.6 Å². The SMILES string of the molecule is CC[C@H](O)[C@@H](COP(=O)(NCCN(C)C)OCCSC(=O)C(C)(C)CO)O[C@@H](O)n1cnc2c(=O)[nH]c(N)nc21. The highest BCUT2D eigenvalue weighted by atomic mass is 32.2. The molecular formula is C22H40N7O9PS. The first-order chi connectivity index (χ1) is 18.7. The third-order valence-corrected chi connectivity index (χ3v) is 8.44. The second kappa shape index (κ2) is 15.3. The lowest BCUT2D eigenvalue weighted by Gasteiger charge is -2.28. The Morgan fingerprint density at radius 1 is 1.35 bits per heavy atom. The lowest BCUT2D eigenvalue weighted by atomic mass is 9.97. The van der Waals surface area contributed by atoms with Crippen LogP contribution in [-0.4, -0.2) is 110 Å². The summed E-state index contributed by atoms with van der Waals surface area (Å²) in [4.78, 5) is 36.3. The molecule has 2 aromatic heterocycles. The van der Waals surface area contributed by atoms with Gasteiger partial charge in [-0.1, -0.05) is 18.7 Å². The number of likely N-dealkylation sites (N-methyl/N-ethyl adjacent to an activating group) is 1. The molecule has 2 heterocycles. The Morgan fingerprint density at radius 2 is 2.05 bits per heavy atom. The number of aromatic amines is 1. The largest absolute Gasteiger partial charge is 0.405 e. The number of rotatable bonds is 18. The predicted octanol–water partition coefficient (Wildman–Crippen LogP) is -0.123. The van der Waals surface area contributed by atoms with E-state index in [-0.39, 0.29) is 54.2 Å². The Hall–Kier alpha value is -1.92. The lowest BCUT2D eigenvalue weighted by Crippen LogP contribution is -2.36. The number of H-pyrrole nitrogens is 1. The summed E-state index contributed by atoms with van der Waals surface area (Å²) in [6.07, 6.45) is -2.76. The van der Waals surface area contributed by atoms with E-state index in [4.69, 9.17) is 19.5 Å². The summed E-state index contributed by atoms with van der Waals surface area (Å²) in [7, 11) is -0.296. The highest BCUT2D eigenvalue weighted by molar-refractivity contribution is 8.13. The molecule has 2 rings (SSSR count). The molecule has 0 aliphatic carbocycles. The highest BCUT2D eigenvalue weighted by Gasteiger charge is 2.32. The fourth-order valence-electron chi connectivity index (χ4n) is 3.09. The van der Waals surface area contributed by atoms with Crippen molar-refractivity contribution in [3.8, 4) is 0 Å². The van der Waals surface area contributed by atoms with Crippen LogP contribution in [0.3, 0.4) is 0 Å². The molecule has 7 N–H and O–H groups in total. The minimum Gasteiger partial charge on any atom is -0.395 e. The number of anilines is 1. The van der Waals surface area contributed by atoms with E-state index >= 15 is 0 Å². The zero-order valence-electron chi connectivity index (χ0n) is 23.3. The quantitative estimate of drug-likeness (QED) is 0.0735. The van der Waals surface area contributed by atoms with Gasteiger partial charge in [0.25, 0.3) is 5.56 Å². The molecule has 0 aromatic carbocycles. The van der Waals surface area contributed by atoms with E-state index in [0.717, 1.165) is 22.7 Å². The van der Waals surface area contributed by atoms with E-state index in [9.17, 15) is 29.5 Å². The summed E-state index contributed by atoms with van der Waals surface area (Å²) >= 11 is 0.938. The molecular weight excluding hydrogens is 569 g/mol. The number of carbonyl (C=O) groups is 1. The van der Waals surface area contributed by atoms with Crippen LogP contribution >= 0.6 is 19.5 Å².